The van der Waals surface area contributed by atoms with Crippen LogP contribution in [0.2, 0.25) is 0 Å². The highest BCUT2D eigenvalue weighted by molar-refractivity contribution is 8.00. The van der Waals surface area contributed by atoms with Gasteiger partial charge in [0.25, 0.3) is 0 Å². The largest absolute Gasteiger partial charge is 0.384 e. The van der Waals surface area contributed by atoms with E-state index >= 15 is 0 Å². The van der Waals surface area contributed by atoms with Crippen LogP contribution < -0.4 is 10.0 Å². The second kappa shape index (κ2) is 4.11. The van der Waals surface area contributed by atoms with Crippen molar-refractivity contribution in [2.45, 2.75) is 5.03 Å². The molecule has 2 N–H and O–H groups in total. The Kier molecular flexibility index (Phi) is 2.37. The van der Waals surface area contributed by atoms with Gasteiger partial charge in [0.15, 0.2) is 0 Å². The van der Waals surface area contributed by atoms with E-state index in [1.54, 1.807) is 11.9 Å². The number of hydrogen-bond donors (Lipinski definition) is 1. The SMILES string of the molecule is CN1Sc2nc(N)ccc2-c2c1ccc1cccnc21. The molecule has 20 heavy (non-hydrogen) atoms. The number of nitrogen functional groups attached to an aromatic ring is 1. The van der Waals surface area contributed by atoms with Gasteiger partial charge in [-0.1, -0.05) is 12.1 Å². The number of aromatic nitrogens is 2. The lowest BCUT2D eigenvalue weighted by Crippen LogP contribution is -2.14. The third kappa shape index (κ3) is 1.56. The predicted molar refractivity (Wildman–Crippen MR) is 83.6 cm³/mol. The summed E-state index contributed by atoms with van der Waals surface area (Å²) in [4.78, 5) is 9.00. The van der Waals surface area contributed by atoms with Crippen LogP contribution in [0.1, 0.15) is 0 Å². The van der Waals surface area contributed by atoms with Gasteiger partial charge in [-0.25, -0.2) is 4.98 Å². The molecule has 4 nitrogen and oxygen atoms in total. The molecule has 0 saturated heterocycles. The Bertz CT molecular complexity index is 831. The molecule has 0 spiro atoms. The molecule has 98 valence electrons. The van der Waals surface area contributed by atoms with Gasteiger partial charge in [0.05, 0.1) is 11.2 Å². The van der Waals surface area contributed by atoms with Crippen LogP contribution in [0.4, 0.5) is 11.5 Å². The first-order chi connectivity index (χ1) is 9.74. The highest BCUT2D eigenvalue weighted by Crippen LogP contribution is 2.47. The first kappa shape index (κ1) is 11.5. The third-order valence-electron chi connectivity index (χ3n) is 3.47. The van der Waals surface area contributed by atoms with E-state index in [0.29, 0.717) is 5.82 Å². The molecular weight excluding hydrogens is 268 g/mol. The Morgan fingerprint density at radius 2 is 2.05 bits per heavy atom. The first-order valence-corrected chi connectivity index (χ1v) is 7.08. The van der Waals surface area contributed by atoms with Crippen molar-refractivity contribution < 1.29 is 0 Å². The molecule has 1 aromatic carbocycles. The number of fused-ring (bicyclic) bond motifs is 5. The van der Waals surface area contributed by atoms with Crippen molar-refractivity contribution in [3.8, 4) is 11.1 Å². The molecular formula is C15H12N4S. The molecule has 1 aliphatic rings. The molecule has 0 radical (unpaired) electrons. The van der Waals surface area contributed by atoms with Crippen molar-refractivity contribution in [3.05, 3.63) is 42.6 Å². The van der Waals surface area contributed by atoms with Gasteiger partial charge in [0, 0.05) is 41.7 Å². The van der Waals surface area contributed by atoms with Crippen molar-refractivity contribution in [1.82, 2.24) is 9.97 Å². The van der Waals surface area contributed by atoms with Crippen molar-refractivity contribution in [2.24, 2.45) is 0 Å². The minimum atomic E-state index is 0.543. The van der Waals surface area contributed by atoms with E-state index in [9.17, 15) is 0 Å². The topological polar surface area (TPSA) is 55.0 Å². The number of anilines is 2. The van der Waals surface area contributed by atoms with Gasteiger partial charge in [0.2, 0.25) is 0 Å². The molecule has 1 aliphatic heterocycles. The van der Waals surface area contributed by atoms with Gasteiger partial charge in [-0.2, -0.15) is 0 Å². The quantitative estimate of drug-likeness (QED) is 0.640. The fourth-order valence-corrected chi connectivity index (χ4v) is 3.48. The summed E-state index contributed by atoms with van der Waals surface area (Å²) in [6, 6.07) is 12.1. The minimum Gasteiger partial charge on any atom is -0.384 e. The molecule has 0 saturated carbocycles. The molecule has 0 unspecified atom stereocenters. The minimum absolute atomic E-state index is 0.543. The number of nitrogens with zero attached hydrogens (tertiary/aromatic N) is 3. The fourth-order valence-electron chi connectivity index (χ4n) is 2.56. The molecule has 4 rings (SSSR count). The van der Waals surface area contributed by atoms with E-state index < -0.39 is 0 Å². The van der Waals surface area contributed by atoms with Crippen molar-refractivity contribution in [1.29, 1.82) is 0 Å². The summed E-state index contributed by atoms with van der Waals surface area (Å²) in [6.45, 7) is 0. The molecule has 0 amide bonds. The number of pyridine rings is 2. The molecule has 3 heterocycles. The van der Waals surface area contributed by atoms with Gasteiger partial charge in [-0.05, 0) is 24.3 Å². The Hall–Kier alpha value is -2.27. The second-order valence-corrected chi connectivity index (χ2v) is 5.83. The Labute approximate surface area is 120 Å². The standard InChI is InChI=1S/C15H12N4S/c1-19-11-6-4-9-3-2-8-17-14(9)13(11)10-5-7-12(16)18-15(10)20-19/h2-8H,1H3,(H2,16,18). The number of hydrogen-bond acceptors (Lipinski definition) is 5. The average Bonchev–Trinajstić information content (AvgIpc) is 2.46. The number of nitrogens with two attached hydrogens (primary N) is 1. The van der Waals surface area contributed by atoms with Crippen LogP contribution in [-0.4, -0.2) is 17.0 Å². The maximum Gasteiger partial charge on any atom is 0.127 e. The molecule has 0 aliphatic carbocycles. The maximum atomic E-state index is 5.80. The molecule has 5 heteroatoms. The molecule has 2 aromatic heterocycles. The van der Waals surface area contributed by atoms with Gasteiger partial charge in [0.1, 0.15) is 10.8 Å². The summed E-state index contributed by atoms with van der Waals surface area (Å²) < 4.78 is 2.11. The van der Waals surface area contributed by atoms with Crippen LogP contribution in [-0.2, 0) is 0 Å². The van der Waals surface area contributed by atoms with Crippen molar-refractivity contribution >= 4 is 34.4 Å². The lowest BCUT2D eigenvalue weighted by molar-refractivity contribution is 1.13. The van der Waals surface area contributed by atoms with E-state index in [1.807, 2.05) is 31.4 Å². The first-order valence-electron chi connectivity index (χ1n) is 6.30. The van der Waals surface area contributed by atoms with Gasteiger partial charge >= 0.3 is 0 Å². The average molecular weight is 280 g/mol. The third-order valence-corrected chi connectivity index (χ3v) is 4.42. The van der Waals surface area contributed by atoms with Crippen LogP contribution >= 0.6 is 11.9 Å². The summed E-state index contributed by atoms with van der Waals surface area (Å²) >= 11 is 1.59. The highest BCUT2D eigenvalue weighted by Gasteiger charge is 2.24. The van der Waals surface area contributed by atoms with Gasteiger partial charge in [-0.15, -0.1) is 0 Å². The van der Waals surface area contributed by atoms with Crippen LogP contribution in [0.3, 0.4) is 0 Å². The van der Waals surface area contributed by atoms with Crippen molar-refractivity contribution in [3.63, 3.8) is 0 Å². The molecule has 0 fully saturated rings. The van der Waals surface area contributed by atoms with E-state index in [4.69, 9.17) is 5.73 Å². The van der Waals surface area contributed by atoms with E-state index in [1.165, 1.54) is 0 Å². The zero-order chi connectivity index (χ0) is 13.7. The van der Waals surface area contributed by atoms with Gasteiger partial charge < -0.3 is 10.0 Å². The van der Waals surface area contributed by atoms with Crippen LogP contribution in [0, 0.1) is 0 Å². The van der Waals surface area contributed by atoms with Crippen LogP contribution in [0.15, 0.2) is 47.6 Å². The fraction of sp³-hybridized carbons (Fsp3) is 0.0667. The summed E-state index contributed by atoms with van der Waals surface area (Å²) in [6.07, 6.45) is 1.83. The zero-order valence-electron chi connectivity index (χ0n) is 10.9. The van der Waals surface area contributed by atoms with Crippen molar-refractivity contribution in [2.75, 3.05) is 17.1 Å². The summed E-state index contributed by atoms with van der Waals surface area (Å²) in [5.74, 6) is 0.543. The molecule has 3 aromatic rings. The second-order valence-electron chi connectivity index (χ2n) is 4.71. The smallest absolute Gasteiger partial charge is 0.127 e. The molecule has 0 bridgehead atoms. The van der Waals surface area contributed by atoms with E-state index in [2.05, 4.69) is 32.5 Å². The van der Waals surface area contributed by atoms with Crippen LogP contribution in [0.25, 0.3) is 22.0 Å². The predicted octanol–water partition coefficient (Wildman–Crippen LogP) is 3.34. The van der Waals surface area contributed by atoms with E-state index in [-0.39, 0.29) is 0 Å². The normalized spacial score (nSPS) is 13.2. The zero-order valence-corrected chi connectivity index (χ0v) is 11.7. The lowest BCUT2D eigenvalue weighted by Gasteiger charge is -2.28. The Balaban J connectivity index is 2.13. The molecule has 0 atom stereocenters. The van der Waals surface area contributed by atoms with E-state index in [0.717, 1.165) is 32.7 Å². The Morgan fingerprint density at radius 1 is 1.15 bits per heavy atom. The summed E-state index contributed by atoms with van der Waals surface area (Å²) in [5.41, 5.74) is 10.2. The number of rotatable bonds is 0. The van der Waals surface area contributed by atoms with Crippen LogP contribution in [0.5, 0.6) is 0 Å². The summed E-state index contributed by atoms with van der Waals surface area (Å²) in [5, 5.41) is 2.06. The highest BCUT2D eigenvalue weighted by atomic mass is 32.2. The summed E-state index contributed by atoms with van der Waals surface area (Å²) in [7, 11) is 2.03. The lowest BCUT2D eigenvalue weighted by atomic mass is 10.0. The number of benzene rings is 1. The maximum absolute atomic E-state index is 5.80. The van der Waals surface area contributed by atoms with Gasteiger partial charge in [-0.3, -0.25) is 4.98 Å². The monoisotopic (exact) mass is 280 g/mol. The Morgan fingerprint density at radius 3 is 2.95 bits per heavy atom.